The highest BCUT2D eigenvalue weighted by Gasteiger charge is 2.18. The van der Waals surface area contributed by atoms with E-state index in [4.69, 9.17) is 4.63 Å². The highest BCUT2D eigenvalue weighted by molar-refractivity contribution is 7.86. The monoisotopic (exact) mass is 748 g/mol. The Morgan fingerprint density at radius 1 is 0.408 bits per heavy atom. The molecule has 0 fully saturated rings. The molecule has 49 heavy (non-hydrogen) atoms. The lowest BCUT2D eigenvalue weighted by atomic mass is 10.2. The van der Waals surface area contributed by atoms with E-state index >= 15 is 0 Å². The van der Waals surface area contributed by atoms with Crippen LogP contribution in [0.2, 0.25) is 0 Å². The molecule has 0 aliphatic carbocycles. The van der Waals surface area contributed by atoms with Gasteiger partial charge in [-0.1, -0.05) is 57.9 Å². The van der Waals surface area contributed by atoms with Crippen LogP contribution in [0.4, 0.5) is 0 Å². The van der Waals surface area contributed by atoms with Crippen molar-refractivity contribution in [1.82, 2.24) is 19.6 Å². The van der Waals surface area contributed by atoms with Crippen LogP contribution in [0.3, 0.4) is 0 Å². The predicted molar refractivity (Wildman–Crippen MR) is 172 cm³/mol. The Kier molecular flexibility index (Phi) is 8.20. The molecular formula is C28H20N4O13S4. The maximum Gasteiger partial charge on any atom is 0.295 e. The van der Waals surface area contributed by atoms with Gasteiger partial charge in [-0.3, -0.25) is 18.2 Å². The quantitative estimate of drug-likeness (QED) is 0.187. The highest BCUT2D eigenvalue weighted by Crippen LogP contribution is 2.25. The fourth-order valence-corrected chi connectivity index (χ4v) is 7.55. The smallest absolute Gasteiger partial charge is 0.282 e. The molecule has 21 heteroatoms. The number of hydrogen-bond donors (Lipinski definition) is 4. The average molecular weight is 749 g/mol. The van der Waals surface area contributed by atoms with Crippen LogP contribution >= 0.6 is 0 Å². The Morgan fingerprint density at radius 3 is 0.980 bits per heavy atom. The fourth-order valence-electron chi connectivity index (χ4n) is 4.73. The van der Waals surface area contributed by atoms with E-state index in [9.17, 15) is 51.9 Å². The molecule has 0 aliphatic rings. The van der Waals surface area contributed by atoms with Gasteiger partial charge < -0.3 is 0 Å². The lowest BCUT2D eigenvalue weighted by Gasteiger charge is -2.02. The first-order chi connectivity index (χ1) is 22.8. The van der Waals surface area contributed by atoms with Gasteiger partial charge in [-0.25, -0.2) is 4.63 Å². The van der Waals surface area contributed by atoms with Gasteiger partial charge in [-0.15, -0.1) is 0 Å². The van der Waals surface area contributed by atoms with E-state index in [1.807, 2.05) is 0 Å². The van der Waals surface area contributed by atoms with Crippen LogP contribution < -0.4 is 0 Å². The van der Waals surface area contributed by atoms with Gasteiger partial charge in [-0.05, 0) is 70.1 Å². The summed E-state index contributed by atoms with van der Waals surface area (Å²) in [7, 11) is -19.6. The first-order valence-electron chi connectivity index (χ1n) is 13.3. The maximum absolute atomic E-state index is 12.3. The van der Waals surface area contributed by atoms with Gasteiger partial charge in [0.1, 0.15) is 30.6 Å². The Labute approximate surface area is 275 Å². The van der Waals surface area contributed by atoms with Crippen molar-refractivity contribution in [1.29, 1.82) is 0 Å². The van der Waals surface area contributed by atoms with Crippen LogP contribution in [0.1, 0.15) is 0 Å². The van der Waals surface area contributed by atoms with Crippen molar-refractivity contribution in [2.45, 2.75) is 19.6 Å². The van der Waals surface area contributed by atoms with E-state index < -0.39 is 60.1 Å². The summed E-state index contributed by atoms with van der Waals surface area (Å²) in [5.74, 6) is 0. The summed E-state index contributed by atoms with van der Waals surface area (Å²) in [4.78, 5) is -2.55. The number of nitrogens with zero attached hydrogens (tertiary/aromatic N) is 4. The molecule has 0 atom stereocenters. The first kappa shape index (κ1) is 33.9. The Balaban J connectivity index is 1.78. The Hall–Kier alpha value is -5.00. The van der Waals surface area contributed by atoms with Crippen LogP contribution in [-0.2, 0) is 40.5 Å². The topological polar surface area (TPSA) is 265 Å². The third kappa shape index (κ3) is 7.23. The van der Waals surface area contributed by atoms with E-state index in [0.29, 0.717) is 0 Å². The molecule has 0 radical (unpaired) electrons. The largest absolute Gasteiger partial charge is 0.295 e. The minimum atomic E-state index is -4.89. The van der Waals surface area contributed by atoms with E-state index in [1.54, 1.807) is 0 Å². The van der Waals surface area contributed by atoms with E-state index in [-0.39, 0.29) is 43.6 Å². The molecule has 15 aromatic rings. The minimum Gasteiger partial charge on any atom is -0.282 e. The summed E-state index contributed by atoms with van der Waals surface area (Å²) in [6.45, 7) is 0. The molecule has 0 amide bonds. The SMILES string of the molecule is O=S(=O)(O)c1cc2ccc1ccc1ccc(cc1S(=O)(=O)O)n1on1c1ccc(ccc3ccc(cc3S(=O)(=O)O)nn2)c(S(=O)(=O)O)c1. The first-order valence-corrected chi connectivity index (χ1v) is 19.1. The van der Waals surface area contributed by atoms with Gasteiger partial charge in [0.15, 0.2) is 0 Å². The van der Waals surface area contributed by atoms with E-state index in [2.05, 4.69) is 10.2 Å². The zero-order valence-corrected chi connectivity index (χ0v) is 27.4. The molecule has 11 heterocycles. The molecule has 15 rings (SSSR count). The normalized spacial score (nSPS) is 12.7. The molecule has 0 unspecified atom stereocenters. The zero-order valence-electron chi connectivity index (χ0n) is 24.1. The number of aromatic nitrogens is 4. The molecule has 0 aliphatic heterocycles. The van der Waals surface area contributed by atoms with Gasteiger partial charge in [0.25, 0.3) is 40.5 Å². The maximum atomic E-state index is 12.3. The summed E-state index contributed by atoms with van der Waals surface area (Å²) in [5, 5.41) is 7.30. The summed E-state index contributed by atoms with van der Waals surface area (Å²) >= 11 is 0. The second-order valence-electron chi connectivity index (χ2n) is 10.3. The molecule has 254 valence electrons. The van der Waals surface area contributed by atoms with Crippen LogP contribution in [0, 0.1) is 0 Å². The minimum absolute atomic E-state index is 0.0335. The molecule has 0 saturated heterocycles. The van der Waals surface area contributed by atoms with Crippen molar-refractivity contribution in [2.75, 3.05) is 0 Å². The molecule has 0 saturated carbocycles. The molecule has 17 nitrogen and oxygen atoms in total. The third-order valence-corrected chi connectivity index (χ3v) is 10.6. The van der Waals surface area contributed by atoms with Crippen LogP contribution in [0.15, 0.2) is 121 Å². The van der Waals surface area contributed by atoms with Crippen molar-refractivity contribution in [3.63, 3.8) is 0 Å². The summed E-state index contributed by atoms with van der Waals surface area (Å²) in [6, 6.07) is 18.8. The Bertz CT molecular complexity index is 2800. The van der Waals surface area contributed by atoms with Crippen LogP contribution in [0.5, 0.6) is 0 Å². The standard InChI is InChI=1S/C28H20N4O13S4/c33-46(34,35)25-13-21-9-5-17(25)1-3-19-7-11-23(15-27(19)48(39,40)41)31-32(45-31)24-12-8-20(28(16-24)49(42,43)44)4-2-18-6-10-22(30-29-21)14-26(18)47(36,37)38/h1-16H,(H,33,34,35)(H,36,37,38)(H,39,40,41)(H,42,43,44). The molecular weight excluding hydrogens is 729 g/mol. The molecule has 4 aromatic carbocycles. The summed E-state index contributed by atoms with van der Waals surface area (Å²) < 4.78 is 145. The van der Waals surface area contributed by atoms with E-state index in [0.717, 1.165) is 57.9 Å². The summed E-state index contributed by atoms with van der Waals surface area (Å²) in [6.07, 6.45) is 0. The van der Waals surface area contributed by atoms with Gasteiger partial charge in [-0.2, -0.15) is 43.9 Å². The third-order valence-electron chi connectivity index (χ3n) is 7.00. The van der Waals surface area contributed by atoms with Gasteiger partial charge >= 0.3 is 0 Å². The zero-order chi connectivity index (χ0) is 35.5. The van der Waals surface area contributed by atoms with Crippen LogP contribution in [-0.4, -0.2) is 71.5 Å². The predicted octanol–water partition coefficient (Wildman–Crippen LogP) is 3.83. The molecule has 8 bridgehead atoms. The number of benzene rings is 4. The van der Waals surface area contributed by atoms with Crippen molar-refractivity contribution in [3.8, 4) is 0 Å². The lowest BCUT2D eigenvalue weighted by molar-refractivity contribution is 0.481. The average Bonchev–Trinajstić information content (AvgIpc) is 3.81. The number of hydrogen-bond acceptors (Lipinski definition) is 11. The van der Waals surface area contributed by atoms with Gasteiger partial charge in [0, 0.05) is 0 Å². The van der Waals surface area contributed by atoms with Crippen molar-refractivity contribution in [2.24, 2.45) is 0 Å². The van der Waals surface area contributed by atoms with E-state index in [1.165, 1.54) is 48.5 Å². The van der Waals surface area contributed by atoms with Crippen molar-refractivity contribution in [3.05, 3.63) is 97.1 Å². The Morgan fingerprint density at radius 2 is 0.673 bits per heavy atom. The molecule has 4 N–H and O–H groups in total. The van der Waals surface area contributed by atoms with Gasteiger partial charge in [0.05, 0.1) is 11.0 Å². The highest BCUT2D eigenvalue weighted by atomic mass is 32.2. The van der Waals surface area contributed by atoms with Gasteiger partial charge in [0.2, 0.25) is 0 Å². The van der Waals surface area contributed by atoms with Crippen molar-refractivity contribution >= 4 is 84.1 Å². The van der Waals surface area contributed by atoms with Crippen molar-refractivity contribution < 1.29 is 56.5 Å². The molecule has 0 spiro atoms. The number of rotatable bonds is 4. The second-order valence-corrected chi connectivity index (χ2v) is 15.8. The molecule has 11 aromatic heterocycles. The lowest BCUT2D eigenvalue weighted by Crippen LogP contribution is -2.00. The second kappa shape index (κ2) is 11.9. The van der Waals surface area contributed by atoms with Crippen LogP contribution in [0.25, 0.3) is 43.6 Å². The fraction of sp³-hybridized carbons (Fsp3) is 0. The summed E-state index contributed by atoms with van der Waals surface area (Å²) in [5.41, 5.74) is -0.176.